The molecule has 27 heavy (non-hydrogen) atoms. The van der Waals surface area contributed by atoms with Crippen molar-refractivity contribution >= 4 is 50.9 Å². The Balaban J connectivity index is 0.00000364. The molecule has 4 N–H and O–H groups in total. The minimum Gasteiger partial charge on any atom is -0.361 e. The fourth-order valence-corrected chi connectivity index (χ4v) is 3.81. The highest BCUT2D eigenvalue weighted by Crippen LogP contribution is 2.19. The summed E-state index contributed by atoms with van der Waals surface area (Å²) < 4.78 is 38.7. The number of aromatic nitrogens is 1. The van der Waals surface area contributed by atoms with E-state index in [-0.39, 0.29) is 29.8 Å². The topological polar surface area (TPSA) is 98.4 Å². The molecule has 0 saturated carbocycles. The van der Waals surface area contributed by atoms with E-state index in [9.17, 15) is 12.8 Å². The second-order valence-corrected chi connectivity index (χ2v) is 8.61. The van der Waals surface area contributed by atoms with Gasteiger partial charge in [-0.15, -0.1) is 24.0 Å². The lowest BCUT2D eigenvalue weighted by Crippen LogP contribution is -2.53. The monoisotopic (exact) mass is 511 g/mol. The van der Waals surface area contributed by atoms with Crippen molar-refractivity contribution in [3.05, 3.63) is 35.8 Å². The lowest BCUT2D eigenvalue weighted by Gasteiger charge is -2.26. The van der Waals surface area contributed by atoms with Gasteiger partial charge in [0.2, 0.25) is 10.0 Å². The zero-order valence-electron chi connectivity index (χ0n) is 15.9. The molecule has 0 radical (unpaired) electrons. The number of hydrogen-bond donors (Lipinski definition) is 4. The van der Waals surface area contributed by atoms with E-state index in [0.717, 1.165) is 22.7 Å². The van der Waals surface area contributed by atoms with E-state index in [1.807, 2.05) is 6.20 Å². The number of hydrogen-bond acceptors (Lipinski definition) is 3. The number of H-pyrrole nitrogens is 1. The van der Waals surface area contributed by atoms with Crippen LogP contribution in [0.25, 0.3) is 10.9 Å². The molecular weight excluding hydrogens is 484 g/mol. The molecule has 2 rings (SSSR count). The van der Waals surface area contributed by atoms with Crippen molar-refractivity contribution in [3.63, 3.8) is 0 Å². The first-order valence-electron chi connectivity index (χ1n) is 8.29. The van der Waals surface area contributed by atoms with Gasteiger partial charge in [0, 0.05) is 42.8 Å². The summed E-state index contributed by atoms with van der Waals surface area (Å²) in [4.78, 5) is 7.26. The summed E-state index contributed by atoms with van der Waals surface area (Å²) in [5.74, 6) is 0.309. The van der Waals surface area contributed by atoms with Gasteiger partial charge in [0.05, 0.1) is 6.26 Å². The summed E-state index contributed by atoms with van der Waals surface area (Å²) in [6.45, 7) is 4.55. The van der Waals surface area contributed by atoms with Crippen LogP contribution in [0.15, 0.2) is 29.4 Å². The number of aliphatic imine (C=N–C) groups is 1. The average molecular weight is 511 g/mol. The highest BCUT2D eigenvalue weighted by atomic mass is 127. The number of rotatable bonds is 7. The van der Waals surface area contributed by atoms with Gasteiger partial charge >= 0.3 is 0 Å². The fourth-order valence-electron chi connectivity index (χ4n) is 2.74. The van der Waals surface area contributed by atoms with Crippen molar-refractivity contribution < 1.29 is 12.8 Å². The Kier molecular flexibility index (Phi) is 8.48. The summed E-state index contributed by atoms with van der Waals surface area (Å²) in [5, 5.41) is 7.15. The van der Waals surface area contributed by atoms with Crippen LogP contribution in [0.3, 0.4) is 0 Å². The van der Waals surface area contributed by atoms with Crippen molar-refractivity contribution in [2.75, 3.05) is 26.4 Å². The van der Waals surface area contributed by atoms with Crippen molar-refractivity contribution in [1.82, 2.24) is 20.3 Å². The fraction of sp³-hybridized carbons (Fsp3) is 0.471. The first-order chi connectivity index (χ1) is 12.1. The maximum atomic E-state index is 13.4. The molecule has 0 fully saturated rings. The SMILES string of the molecule is CN=C(NCCc1c[nH]c2ccc(F)cc12)NCC(C)(C)NS(C)(=O)=O.I. The molecule has 0 amide bonds. The van der Waals surface area contributed by atoms with Gasteiger partial charge in [-0.05, 0) is 44.0 Å². The number of nitrogens with zero attached hydrogens (tertiary/aromatic N) is 1. The average Bonchev–Trinajstić information content (AvgIpc) is 2.90. The number of sulfonamides is 1. The van der Waals surface area contributed by atoms with Crippen LogP contribution in [0.5, 0.6) is 0 Å². The second kappa shape index (κ2) is 9.69. The van der Waals surface area contributed by atoms with Gasteiger partial charge in [0.15, 0.2) is 5.96 Å². The van der Waals surface area contributed by atoms with E-state index in [0.29, 0.717) is 25.5 Å². The van der Waals surface area contributed by atoms with Gasteiger partial charge in [-0.1, -0.05) is 0 Å². The highest BCUT2D eigenvalue weighted by Gasteiger charge is 2.22. The summed E-state index contributed by atoms with van der Waals surface area (Å²) in [5.41, 5.74) is 1.26. The van der Waals surface area contributed by atoms with E-state index in [4.69, 9.17) is 0 Å². The van der Waals surface area contributed by atoms with E-state index in [1.54, 1.807) is 27.0 Å². The molecule has 0 atom stereocenters. The number of guanidine groups is 1. The largest absolute Gasteiger partial charge is 0.361 e. The molecule has 0 bridgehead atoms. The molecule has 1 aromatic heterocycles. The lowest BCUT2D eigenvalue weighted by molar-refractivity contribution is 0.446. The Labute approximate surface area is 176 Å². The predicted molar refractivity (Wildman–Crippen MR) is 119 cm³/mol. The van der Waals surface area contributed by atoms with Crippen LogP contribution in [0.4, 0.5) is 4.39 Å². The van der Waals surface area contributed by atoms with Crippen LogP contribution < -0.4 is 15.4 Å². The summed E-state index contributed by atoms with van der Waals surface area (Å²) in [7, 11) is -1.65. The Morgan fingerprint density at radius 2 is 2.00 bits per heavy atom. The Bertz CT molecular complexity index is 896. The first-order valence-corrected chi connectivity index (χ1v) is 10.2. The van der Waals surface area contributed by atoms with Crippen LogP contribution in [-0.4, -0.2) is 51.3 Å². The third kappa shape index (κ3) is 7.62. The lowest BCUT2D eigenvalue weighted by atomic mass is 10.1. The van der Waals surface area contributed by atoms with E-state index in [1.165, 1.54) is 12.1 Å². The van der Waals surface area contributed by atoms with Crippen LogP contribution in [-0.2, 0) is 16.4 Å². The van der Waals surface area contributed by atoms with Crippen molar-refractivity contribution in [1.29, 1.82) is 0 Å². The molecule has 10 heteroatoms. The molecule has 2 aromatic rings. The van der Waals surface area contributed by atoms with Crippen LogP contribution >= 0.6 is 24.0 Å². The predicted octanol–water partition coefficient (Wildman–Crippen LogP) is 1.96. The number of fused-ring (bicyclic) bond motifs is 1. The highest BCUT2D eigenvalue weighted by molar-refractivity contribution is 14.0. The van der Waals surface area contributed by atoms with Crippen LogP contribution in [0.2, 0.25) is 0 Å². The third-order valence-electron chi connectivity index (χ3n) is 3.80. The molecule has 0 spiro atoms. The third-order valence-corrected chi connectivity index (χ3v) is 4.72. The molecule has 0 saturated heterocycles. The van der Waals surface area contributed by atoms with E-state index < -0.39 is 15.6 Å². The molecule has 0 aliphatic carbocycles. The minimum atomic E-state index is -3.29. The smallest absolute Gasteiger partial charge is 0.209 e. The quantitative estimate of drug-likeness (QED) is 0.260. The van der Waals surface area contributed by atoms with Gasteiger partial charge in [-0.25, -0.2) is 17.5 Å². The van der Waals surface area contributed by atoms with Crippen molar-refractivity contribution in [2.24, 2.45) is 4.99 Å². The molecule has 0 aliphatic rings. The summed E-state index contributed by atoms with van der Waals surface area (Å²) in [6.07, 6.45) is 3.70. The standard InChI is InChI=1S/C17H26FN5O2S.HI/c1-17(2,23-26(4,24)25)11-22-16(19-3)20-8-7-12-10-21-15-6-5-13(18)9-14(12)15;/h5-6,9-10,21,23H,7-8,11H2,1-4H3,(H2,19,20,22);1H. The minimum absolute atomic E-state index is 0. The Morgan fingerprint density at radius 3 is 2.63 bits per heavy atom. The Morgan fingerprint density at radius 1 is 1.30 bits per heavy atom. The van der Waals surface area contributed by atoms with Gasteiger partial charge in [0.25, 0.3) is 0 Å². The first kappa shape index (κ1) is 23.6. The number of benzene rings is 1. The normalized spacial score (nSPS) is 12.7. The zero-order chi connectivity index (χ0) is 19.4. The van der Waals surface area contributed by atoms with Crippen molar-refractivity contribution in [2.45, 2.75) is 25.8 Å². The molecule has 152 valence electrons. The van der Waals surface area contributed by atoms with E-state index >= 15 is 0 Å². The van der Waals surface area contributed by atoms with Gasteiger partial charge < -0.3 is 15.6 Å². The Hall–Kier alpha value is -1.40. The van der Waals surface area contributed by atoms with Gasteiger partial charge in [-0.3, -0.25) is 4.99 Å². The summed E-state index contributed by atoms with van der Waals surface area (Å²) in [6, 6.07) is 4.67. The van der Waals surface area contributed by atoms with Gasteiger partial charge in [-0.2, -0.15) is 0 Å². The number of nitrogens with one attached hydrogen (secondary N) is 4. The number of halogens is 2. The number of aromatic amines is 1. The molecule has 1 heterocycles. The molecule has 7 nitrogen and oxygen atoms in total. The second-order valence-electron chi connectivity index (χ2n) is 6.86. The molecule has 0 aliphatic heterocycles. The molecular formula is C17H27FIN5O2S. The van der Waals surface area contributed by atoms with Crippen molar-refractivity contribution in [3.8, 4) is 0 Å². The maximum absolute atomic E-state index is 13.4. The van der Waals surface area contributed by atoms with Crippen LogP contribution in [0.1, 0.15) is 19.4 Å². The maximum Gasteiger partial charge on any atom is 0.209 e. The molecule has 1 aromatic carbocycles. The van der Waals surface area contributed by atoms with Gasteiger partial charge in [0.1, 0.15) is 5.82 Å². The molecule has 0 unspecified atom stereocenters. The van der Waals surface area contributed by atoms with E-state index in [2.05, 4.69) is 25.3 Å². The van der Waals surface area contributed by atoms with Crippen LogP contribution in [0, 0.1) is 5.82 Å². The summed E-state index contributed by atoms with van der Waals surface area (Å²) >= 11 is 0. The zero-order valence-corrected chi connectivity index (χ0v) is 19.0.